The van der Waals surface area contributed by atoms with E-state index in [1.54, 1.807) is 18.2 Å². The molecule has 4 aromatic rings. The topological polar surface area (TPSA) is 84.2 Å². The normalized spacial score (nSPS) is 17.3. The second-order valence-electron chi connectivity index (χ2n) is 9.12. The summed E-state index contributed by atoms with van der Waals surface area (Å²) in [5.41, 5.74) is 0.776. The second kappa shape index (κ2) is 7.70. The Morgan fingerprint density at radius 1 is 0.971 bits per heavy atom. The van der Waals surface area contributed by atoms with Gasteiger partial charge in [0.2, 0.25) is 5.95 Å². The van der Waals surface area contributed by atoms with Gasteiger partial charge in [-0.25, -0.2) is 18.7 Å². The Kier molecular flexibility index (Phi) is 4.82. The molecule has 2 aliphatic rings. The number of anilines is 2. The number of nitrogens with zero attached hydrogens (tertiary/aromatic N) is 6. The molecule has 8 nitrogen and oxygen atoms in total. The summed E-state index contributed by atoms with van der Waals surface area (Å²) < 4.78 is 56.4. The van der Waals surface area contributed by atoms with Crippen molar-refractivity contribution in [2.75, 3.05) is 29.4 Å². The molecule has 0 amide bonds. The van der Waals surface area contributed by atoms with Gasteiger partial charge in [-0.3, -0.25) is 0 Å². The van der Waals surface area contributed by atoms with Gasteiger partial charge < -0.3 is 9.80 Å². The van der Waals surface area contributed by atoms with Gasteiger partial charge in [0.1, 0.15) is 5.82 Å². The fourth-order valence-electron chi connectivity index (χ4n) is 4.79. The molecule has 1 saturated carbocycles. The average Bonchev–Trinajstić information content (AvgIpc) is 3.48. The summed E-state index contributed by atoms with van der Waals surface area (Å²) in [6.45, 7) is 3.39. The highest BCUT2D eigenvalue weighted by Gasteiger charge is 2.53. The highest BCUT2D eigenvalue weighted by Crippen LogP contribution is 2.48. The Bertz CT molecular complexity index is 1530. The van der Waals surface area contributed by atoms with Crippen molar-refractivity contribution in [1.82, 2.24) is 19.2 Å². The van der Waals surface area contributed by atoms with Gasteiger partial charge in [0, 0.05) is 19.6 Å². The minimum atomic E-state index is -4.05. The molecule has 0 atom stereocenters. The number of rotatable bonds is 4. The van der Waals surface area contributed by atoms with Gasteiger partial charge in [0.25, 0.3) is 10.0 Å². The molecule has 6 rings (SSSR count). The molecule has 35 heavy (non-hydrogen) atoms. The molecule has 0 bridgehead atoms. The van der Waals surface area contributed by atoms with Crippen molar-refractivity contribution < 1.29 is 17.2 Å². The Balaban J connectivity index is 1.43. The number of halogens is 2. The van der Waals surface area contributed by atoms with Crippen LogP contribution in [0.4, 0.5) is 20.5 Å². The van der Waals surface area contributed by atoms with E-state index in [1.165, 1.54) is 24.3 Å². The van der Waals surface area contributed by atoms with Crippen molar-refractivity contribution in [2.24, 2.45) is 0 Å². The number of hydrogen-bond donors (Lipinski definition) is 0. The zero-order valence-corrected chi connectivity index (χ0v) is 19.7. The minimum absolute atomic E-state index is 0.0859. The summed E-state index contributed by atoms with van der Waals surface area (Å²) >= 11 is 0. The SMILES string of the molecule is Cc1ccc(S(=O)(=O)n2nc(N3CCN(c4ncc(F)cn4)CC34CC4)c3c(F)cccc32)cc1. The molecular formula is C24H22F2N6O2S. The van der Waals surface area contributed by atoms with Crippen molar-refractivity contribution in [3.63, 3.8) is 0 Å². The molecule has 1 aliphatic heterocycles. The van der Waals surface area contributed by atoms with Crippen LogP contribution >= 0.6 is 0 Å². The molecule has 0 radical (unpaired) electrons. The van der Waals surface area contributed by atoms with Crippen LogP contribution in [0.3, 0.4) is 0 Å². The van der Waals surface area contributed by atoms with E-state index in [0.29, 0.717) is 31.4 Å². The lowest BCUT2D eigenvalue weighted by Crippen LogP contribution is -2.56. The van der Waals surface area contributed by atoms with Crippen molar-refractivity contribution >= 4 is 32.7 Å². The molecule has 1 saturated heterocycles. The van der Waals surface area contributed by atoms with Gasteiger partial charge in [-0.2, -0.15) is 12.5 Å². The van der Waals surface area contributed by atoms with E-state index >= 15 is 4.39 Å². The van der Waals surface area contributed by atoms with Gasteiger partial charge in [0.15, 0.2) is 11.6 Å². The first-order chi connectivity index (χ1) is 16.8. The number of fused-ring (bicyclic) bond motifs is 1. The van der Waals surface area contributed by atoms with Gasteiger partial charge >= 0.3 is 0 Å². The monoisotopic (exact) mass is 496 g/mol. The zero-order chi connectivity index (χ0) is 24.4. The molecule has 0 N–H and O–H groups in total. The van der Waals surface area contributed by atoms with Crippen molar-refractivity contribution in [2.45, 2.75) is 30.2 Å². The third-order valence-electron chi connectivity index (χ3n) is 6.78. The molecule has 1 aliphatic carbocycles. The van der Waals surface area contributed by atoms with Gasteiger partial charge in [0.05, 0.1) is 33.7 Å². The number of aryl methyl sites for hydroxylation is 1. The maximum Gasteiger partial charge on any atom is 0.283 e. The predicted molar refractivity (Wildman–Crippen MR) is 127 cm³/mol. The molecule has 2 aromatic carbocycles. The Labute approximate surface area is 200 Å². The first kappa shape index (κ1) is 21.9. The van der Waals surface area contributed by atoms with Crippen molar-refractivity contribution in [3.8, 4) is 0 Å². The van der Waals surface area contributed by atoms with Crippen LogP contribution in [0, 0.1) is 18.6 Å². The summed E-state index contributed by atoms with van der Waals surface area (Å²) in [5, 5.41) is 4.69. The molecule has 0 unspecified atom stereocenters. The predicted octanol–water partition coefficient (Wildman–Crippen LogP) is 3.51. The van der Waals surface area contributed by atoms with E-state index in [1.807, 2.05) is 16.7 Å². The number of aromatic nitrogens is 4. The Morgan fingerprint density at radius 3 is 2.37 bits per heavy atom. The van der Waals surface area contributed by atoms with E-state index < -0.39 is 21.7 Å². The standard InChI is InChI=1S/C24H22F2N6O2S/c1-16-5-7-18(8-6-16)35(33,34)32-20-4-2-3-19(26)21(20)22(29-32)31-12-11-30(15-24(31)9-10-24)23-27-13-17(25)14-28-23/h2-8,13-14H,9-12,15H2,1H3. The first-order valence-corrected chi connectivity index (χ1v) is 12.7. The maximum absolute atomic E-state index is 15.2. The van der Waals surface area contributed by atoms with Crippen LogP contribution < -0.4 is 9.80 Å². The van der Waals surface area contributed by atoms with Gasteiger partial charge in [-0.05, 0) is 44.0 Å². The first-order valence-electron chi connectivity index (χ1n) is 11.3. The summed E-state index contributed by atoms with van der Waals surface area (Å²) in [6.07, 6.45) is 3.93. The molecule has 2 aromatic heterocycles. The third-order valence-corrected chi connectivity index (χ3v) is 8.38. The highest BCUT2D eigenvalue weighted by atomic mass is 32.2. The van der Waals surface area contributed by atoms with E-state index in [4.69, 9.17) is 0 Å². The molecule has 2 fully saturated rings. The molecule has 11 heteroatoms. The smallest absolute Gasteiger partial charge is 0.283 e. The van der Waals surface area contributed by atoms with E-state index in [0.717, 1.165) is 34.9 Å². The summed E-state index contributed by atoms with van der Waals surface area (Å²) in [7, 11) is -4.05. The zero-order valence-electron chi connectivity index (χ0n) is 18.9. The van der Waals surface area contributed by atoms with Crippen LogP contribution in [0.5, 0.6) is 0 Å². The quantitative estimate of drug-likeness (QED) is 0.428. The van der Waals surface area contributed by atoms with Gasteiger partial charge in [-0.15, -0.1) is 5.10 Å². The minimum Gasteiger partial charge on any atom is -0.345 e. The highest BCUT2D eigenvalue weighted by molar-refractivity contribution is 7.90. The van der Waals surface area contributed by atoms with Crippen LogP contribution in [0.15, 0.2) is 59.8 Å². The van der Waals surface area contributed by atoms with E-state index in [-0.39, 0.29) is 21.3 Å². The third kappa shape index (κ3) is 3.53. The number of benzene rings is 2. The fourth-order valence-corrected chi connectivity index (χ4v) is 6.06. The van der Waals surface area contributed by atoms with Crippen molar-refractivity contribution in [3.05, 3.63) is 72.1 Å². The summed E-state index contributed by atoms with van der Waals surface area (Å²) in [5.74, 6) is -0.287. The fraction of sp³-hybridized carbons (Fsp3) is 0.292. The van der Waals surface area contributed by atoms with Crippen LogP contribution in [0.2, 0.25) is 0 Å². The van der Waals surface area contributed by atoms with Crippen LogP contribution in [-0.2, 0) is 10.0 Å². The molecule has 3 heterocycles. The van der Waals surface area contributed by atoms with Gasteiger partial charge in [-0.1, -0.05) is 23.8 Å². The Hall–Kier alpha value is -3.60. The van der Waals surface area contributed by atoms with Crippen molar-refractivity contribution in [1.29, 1.82) is 0 Å². The lowest BCUT2D eigenvalue weighted by Gasteiger charge is -2.42. The lowest BCUT2D eigenvalue weighted by atomic mass is 10.1. The Morgan fingerprint density at radius 2 is 1.69 bits per heavy atom. The average molecular weight is 497 g/mol. The van der Waals surface area contributed by atoms with Crippen LogP contribution in [0.1, 0.15) is 18.4 Å². The second-order valence-corrected chi connectivity index (χ2v) is 10.9. The maximum atomic E-state index is 15.2. The van der Waals surface area contributed by atoms with E-state index in [9.17, 15) is 12.8 Å². The molecular weight excluding hydrogens is 474 g/mol. The van der Waals surface area contributed by atoms with Crippen LogP contribution in [0.25, 0.3) is 10.9 Å². The largest absolute Gasteiger partial charge is 0.345 e. The molecule has 180 valence electrons. The number of hydrogen-bond acceptors (Lipinski definition) is 7. The molecule has 1 spiro atoms. The summed E-state index contributed by atoms with van der Waals surface area (Å²) in [6, 6.07) is 10.9. The van der Waals surface area contributed by atoms with E-state index in [2.05, 4.69) is 15.1 Å². The number of piperazine rings is 1. The van der Waals surface area contributed by atoms with Crippen LogP contribution in [-0.4, -0.2) is 52.7 Å². The summed E-state index contributed by atoms with van der Waals surface area (Å²) in [4.78, 5) is 12.3. The lowest BCUT2D eigenvalue weighted by molar-refractivity contribution is 0.496.